The van der Waals surface area contributed by atoms with Crippen LogP contribution in [0, 0.1) is 31.6 Å². The average molecular weight is 509 g/mol. The summed E-state index contributed by atoms with van der Waals surface area (Å²) in [6.45, 7) is 18.9. The van der Waals surface area contributed by atoms with E-state index in [0.29, 0.717) is 49.1 Å². The number of carbonyl (C=O) groups excluding carboxylic acids is 1. The van der Waals surface area contributed by atoms with Crippen molar-refractivity contribution in [2.45, 2.75) is 74.7 Å². The normalized spacial score (nSPS) is 11.4. The second-order valence-corrected chi connectivity index (χ2v) is 11.8. The van der Waals surface area contributed by atoms with Crippen LogP contribution in [-0.4, -0.2) is 44.2 Å². The SMILES string of the molecule is Cc1cccc(C)c1C(=O)Pc1c(OCCC(C)C)cc(OCCC(C)C)cc1OCCC(C)C.[LiH]. The monoisotopic (exact) mass is 508 g/mol. The summed E-state index contributed by atoms with van der Waals surface area (Å²) in [6.07, 6.45) is 2.85. The molecule has 2 rings (SSSR count). The molecule has 0 aliphatic rings. The van der Waals surface area contributed by atoms with E-state index in [1.54, 1.807) is 0 Å². The molecule has 0 fully saturated rings. The minimum atomic E-state index is -0.0921. The molecule has 0 spiro atoms. The molecule has 0 aliphatic heterocycles. The van der Waals surface area contributed by atoms with E-state index in [9.17, 15) is 4.79 Å². The molecule has 0 bridgehead atoms. The molecule has 0 amide bonds. The van der Waals surface area contributed by atoms with Crippen molar-refractivity contribution in [3.8, 4) is 17.2 Å². The average Bonchev–Trinajstić information content (AvgIpc) is 2.75. The zero-order chi connectivity index (χ0) is 26.0. The number of ether oxygens (including phenoxy) is 3. The van der Waals surface area contributed by atoms with Crippen molar-refractivity contribution in [3.63, 3.8) is 0 Å². The molecule has 196 valence electrons. The topological polar surface area (TPSA) is 44.8 Å². The summed E-state index contributed by atoms with van der Waals surface area (Å²) in [5.74, 6) is 3.76. The first-order valence-electron chi connectivity index (χ1n) is 13.0. The summed E-state index contributed by atoms with van der Waals surface area (Å²) < 4.78 is 18.6. The van der Waals surface area contributed by atoms with Gasteiger partial charge in [-0.05, 0) is 70.6 Å². The van der Waals surface area contributed by atoms with Gasteiger partial charge in [-0.3, -0.25) is 4.79 Å². The molecule has 1 atom stereocenters. The van der Waals surface area contributed by atoms with E-state index in [4.69, 9.17) is 14.2 Å². The summed E-state index contributed by atoms with van der Waals surface area (Å²) in [6, 6.07) is 9.87. The van der Waals surface area contributed by atoms with Gasteiger partial charge in [-0.25, -0.2) is 0 Å². The Morgan fingerprint density at radius 3 is 1.58 bits per heavy atom. The first-order chi connectivity index (χ1) is 16.6. The zero-order valence-electron chi connectivity index (χ0n) is 23.0. The quantitative estimate of drug-likeness (QED) is 0.191. The van der Waals surface area contributed by atoms with Crippen molar-refractivity contribution in [2.24, 2.45) is 17.8 Å². The molecule has 2 aromatic carbocycles. The molecular formula is C30H46LiO4P. The van der Waals surface area contributed by atoms with Gasteiger partial charge in [-0.15, -0.1) is 0 Å². The van der Waals surface area contributed by atoms with Crippen molar-refractivity contribution in [1.82, 2.24) is 0 Å². The number of carbonyl (C=O) groups is 1. The first-order valence-corrected chi connectivity index (χ1v) is 14.0. The van der Waals surface area contributed by atoms with E-state index in [1.165, 1.54) is 0 Å². The fraction of sp³-hybridized carbons (Fsp3) is 0.567. The number of hydrogen-bond acceptors (Lipinski definition) is 4. The molecule has 0 aromatic heterocycles. The molecule has 1 unspecified atom stereocenters. The van der Waals surface area contributed by atoms with Crippen LogP contribution in [-0.2, 0) is 0 Å². The van der Waals surface area contributed by atoms with Crippen LogP contribution in [0.15, 0.2) is 30.3 Å². The Hall–Kier alpha value is -1.46. The zero-order valence-corrected chi connectivity index (χ0v) is 24.0. The van der Waals surface area contributed by atoms with Crippen LogP contribution in [0.5, 0.6) is 17.2 Å². The molecule has 4 nitrogen and oxygen atoms in total. The predicted octanol–water partition coefficient (Wildman–Crippen LogP) is 7.07. The molecule has 0 heterocycles. The fourth-order valence-electron chi connectivity index (χ4n) is 3.57. The van der Waals surface area contributed by atoms with E-state index < -0.39 is 0 Å². The van der Waals surface area contributed by atoms with Gasteiger partial charge < -0.3 is 14.2 Å². The maximum absolute atomic E-state index is 13.5. The molecular weight excluding hydrogens is 462 g/mol. The van der Waals surface area contributed by atoms with Crippen molar-refractivity contribution < 1.29 is 19.0 Å². The molecule has 0 N–H and O–H groups in total. The van der Waals surface area contributed by atoms with E-state index in [0.717, 1.165) is 47.0 Å². The van der Waals surface area contributed by atoms with Gasteiger partial charge in [0.15, 0.2) is 5.52 Å². The van der Waals surface area contributed by atoms with Gasteiger partial charge in [0.05, 0.1) is 25.1 Å². The van der Waals surface area contributed by atoms with Crippen molar-refractivity contribution >= 4 is 38.3 Å². The predicted molar refractivity (Wildman–Crippen MR) is 157 cm³/mol. The Kier molecular flexibility index (Phi) is 14.8. The van der Waals surface area contributed by atoms with E-state index in [1.807, 2.05) is 44.2 Å². The molecule has 0 aliphatic carbocycles. The fourth-order valence-corrected chi connectivity index (χ4v) is 4.85. The van der Waals surface area contributed by atoms with E-state index in [-0.39, 0.29) is 33.0 Å². The van der Waals surface area contributed by atoms with Gasteiger partial charge in [0, 0.05) is 17.7 Å². The van der Waals surface area contributed by atoms with Gasteiger partial charge in [0.25, 0.3) is 0 Å². The Morgan fingerprint density at radius 1 is 0.750 bits per heavy atom. The second kappa shape index (κ2) is 16.4. The number of rotatable bonds is 15. The standard InChI is InChI=1S/C30H45O4P.Li.H/c1-20(2)12-15-32-25-18-26(33-16-13-21(3)4)29(27(19-25)34-17-14-22(5)6)35-30(31)28-23(7)10-9-11-24(28)8;;/h9-11,18-22,35H,12-17H2,1-8H3;;. The van der Waals surface area contributed by atoms with E-state index in [2.05, 4.69) is 41.5 Å². The Labute approximate surface area is 233 Å². The summed E-state index contributed by atoms with van der Waals surface area (Å²) >= 11 is 0. The summed E-state index contributed by atoms with van der Waals surface area (Å²) in [7, 11) is -0.0921. The summed E-state index contributed by atoms with van der Waals surface area (Å²) in [5, 5.41) is 0.835. The van der Waals surface area contributed by atoms with Gasteiger partial charge in [-0.1, -0.05) is 59.7 Å². The van der Waals surface area contributed by atoms with Crippen molar-refractivity contribution in [3.05, 3.63) is 47.0 Å². The Bertz CT molecular complexity index is 901. The number of aryl methyl sites for hydroxylation is 2. The van der Waals surface area contributed by atoms with Crippen LogP contribution in [0.4, 0.5) is 0 Å². The Balaban J connectivity index is 0.00000648. The molecule has 0 saturated carbocycles. The van der Waals surface area contributed by atoms with Crippen LogP contribution in [0.25, 0.3) is 0 Å². The molecule has 0 radical (unpaired) electrons. The molecule has 6 heteroatoms. The van der Waals surface area contributed by atoms with Gasteiger partial charge >= 0.3 is 18.9 Å². The van der Waals surface area contributed by atoms with Crippen molar-refractivity contribution in [1.29, 1.82) is 0 Å². The third kappa shape index (κ3) is 10.9. The van der Waals surface area contributed by atoms with Crippen LogP contribution in [0.2, 0.25) is 0 Å². The minimum absolute atomic E-state index is 0. The van der Waals surface area contributed by atoms with Gasteiger partial charge in [0.1, 0.15) is 17.2 Å². The third-order valence-electron chi connectivity index (χ3n) is 5.86. The maximum atomic E-state index is 13.5. The number of benzene rings is 2. The Morgan fingerprint density at radius 2 is 1.17 bits per heavy atom. The summed E-state index contributed by atoms with van der Waals surface area (Å²) in [4.78, 5) is 13.5. The van der Waals surface area contributed by atoms with Gasteiger partial charge in [-0.2, -0.15) is 0 Å². The van der Waals surface area contributed by atoms with Crippen LogP contribution in [0.3, 0.4) is 0 Å². The second-order valence-electron chi connectivity index (χ2n) is 10.6. The molecule has 2 aromatic rings. The third-order valence-corrected chi connectivity index (χ3v) is 7.08. The summed E-state index contributed by atoms with van der Waals surface area (Å²) in [5.41, 5.74) is 2.90. The van der Waals surface area contributed by atoms with E-state index >= 15 is 0 Å². The van der Waals surface area contributed by atoms with Gasteiger partial charge in [0.2, 0.25) is 0 Å². The number of hydrogen-bond donors (Lipinski definition) is 0. The van der Waals surface area contributed by atoms with Crippen LogP contribution in [0.1, 0.15) is 82.3 Å². The molecule has 0 saturated heterocycles. The van der Waals surface area contributed by atoms with Crippen LogP contribution >= 0.6 is 8.58 Å². The van der Waals surface area contributed by atoms with Crippen LogP contribution < -0.4 is 19.5 Å². The van der Waals surface area contributed by atoms with Crippen molar-refractivity contribution in [2.75, 3.05) is 19.8 Å². The first kappa shape index (κ1) is 32.6. The molecule has 36 heavy (non-hydrogen) atoms.